The lowest BCUT2D eigenvalue weighted by Crippen LogP contribution is -2.39. The van der Waals surface area contributed by atoms with E-state index in [4.69, 9.17) is 5.11 Å². The van der Waals surface area contributed by atoms with Gasteiger partial charge in [0.25, 0.3) is 0 Å². The normalized spacial score (nSPS) is 14.4. The molecule has 1 heterocycles. The molecule has 0 saturated carbocycles. The number of aliphatic hydroxyl groups excluding tert-OH is 1. The van der Waals surface area contributed by atoms with Crippen molar-refractivity contribution < 1.29 is 9.90 Å². The zero-order valence-electron chi connectivity index (χ0n) is 9.47. The molecule has 0 saturated heterocycles. The minimum atomic E-state index is 0.0152. The van der Waals surface area contributed by atoms with Gasteiger partial charge in [0.1, 0.15) is 0 Å². The number of thioether (sulfide) groups is 1. The van der Waals surface area contributed by atoms with Crippen LogP contribution in [-0.2, 0) is 4.79 Å². The molecule has 0 radical (unpaired) electrons. The van der Waals surface area contributed by atoms with E-state index in [1.165, 1.54) is 0 Å². The number of nitrogens with one attached hydrogen (secondary N) is 1. The van der Waals surface area contributed by atoms with Gasteiger partial charge < -0.3 is 10.4 Å². The molecule has 2 unspecified atom stereocenters. The molecule has 0 spiro atoms. The van der Waals surface area contributed by atoms with E-state index in [1.807, 2.05) is 31.4 Å². The van der Waals surface area contributed by atoms with E-state index >= 15 is 0 Å². The van der Waals surface area contributed by atoms with Gasteiger partial charge in [-0.15, -0.1) is 23.1 Å². The van der Waals surface area contributed by atoms with Crippen molar-refractivity contribution in [1.29, 1.82) is 0 Å². The number of amides is 1. The van der Waals surface area contributed by atoms with Crippen molar-refractivity contribution in [3.63, 3.8) is 0 Å². The average molecular weight is 259 g/mol. The second-order valence-electron chi connectivity index (χ2n) is 3.74. The lowest BCUT2D eigenvalue weighted by atomic mass is 10.1. The Morgan fingerprint density at radius 3 is 2.94 bits per heavy atom. The highest BCUT2D eigenvalue weighted by Gasteiger charge is 2.13. The lowest BCUT2D eigenvalue weighted by molar-refractivity contribution is -0.119. The highest BCUT2D eigenvalue weighted by Crippen LogP contribution is 2.22. The number of rotatable bonds is 6. The SMILES string of the molecule is CC(CO)C(C)NC(=O)CSc1cccs1. The van der Waals surface area contributed by atoms with Crippen LogP contribution in [0.15, 0.2) is 21.7 Å². The van der Waals surface area contributed by atoms with Gasteiger partial charge in [0.2, 0.25) is 5.91 Å². The molecule has 0 aliphatic heterocycles. The van der Waals surface area contributed by atoms with Gasteiger partial charge >= 0.3 is 0 Å². The smallest absolute Gasteiger partial charge is 0.230 e. The molecule has 1 aromatic rings. The standard InChI is InChI=1S/C11H17NO2S2/c1-8(6-13)9(2)12-10(14)7-16-11-4-3-5-15-11/h3-5,8-9,13H,6-7H2,1-2H3,(H,12,14). The molecule has 3 nitrogen and oxygen atoms in total. The molecular formula is C11H17NO2S2. The largest absolute Gasteiger partial charge is 0.396 e. The summed E-state index contributed by atoms with van der Waals surface area (Å²) in [4.78, 5) is 11.6. The maximum absolute atomic E-state index is 11.6. The molecule has 90 valence electrons. The summed E-state index contributed by atoms with van der Waals surface area (Å²) in [5, 5.41) is 13.8. The van der Waals surface area contributed by atoms with Crippen LogP contribution < -0.4 is 5.32 Å². The Morgan fingerprint density at radius 1 is 1.62 bits per heavy atom. The first-order chi connectivity index (χ1) is 7.63. The van der Waals surface area contributed by atoms with Crippen molar-refractivity contribution in [2.75, 3.05) is 12.4 Å². The highest BCUT2D eigenvalue weighted by molar-refractivity contribution is 8.01. The molecule has 0 fully saturated rings. The van der Waals surface area contributed by atoms with Crippen molar-refractivity contribution in [1.82, 2.24) is 5.32 Å². The summed E-state index contributed by atoms with van der Waals surface area (Å²) in [6.45, 7) is 3.92. The molecule has 16 heavy (non-hydrogen) atoms. The molecule has 0 aliphatic carbocycles. The minimum Gasteiger partial charge on any atom is -0.396 e. The van der Waals surface area contributed by atoms with Crippen LogP contribution in [0.4, 0.5) is 0 Å². The third-order valence-electron chi connectivity index (χ3n) is 2.37. The summed E-state index contributed by atoms with van der Waals surface area (Å²) in [7, 11) is 0. The number of aliphatic hydroxyl groups is 1. The van der Waals surface area contributed by atoms with E-state index < -0.39 is 0 Å². The van der Waals surface area contributed by atoms with Crippen LogP contribution in [-0.4, -0.2) is 29.4 Å². The monoisotopic (exact) mass is 259 g/mol. The Labute approximate surface area is 104 Å². The molecule has 2 N–H and O–H groups in total. The Balaban J connectivity index is 2.25. The second-order valence-corrected chi connectivity index (χ2v) is 5.96. The third-order valence-corrected chi connectivity index (χ3v) is 4.50. The highest BCUT2D eigenvalue weighted by atomic mass is 32.2. The third kappa shape index (κ3) is 4.55. The molecule has 5 heteroatoms. The first-order valence-electron chi connectivity index (χ1n) is 5.20. The summed E-state index contributed by atoms with van der Waals surface area (Å²) in [6, 6.07) is 3.99. The second kappa shape index (κ2) is 6.93. The minimum absolute atomic E-state index is 0.0152. The Morgan fingerprint density at radius 2 is 2.38 bits per heavy atom. The van der Waals surface area contributed by atoms with E-state index in [0.717, 1.165) is 4.21 Å². The average Bonchev–Trinajstić information content (AvgIpc) is 2.78. The number of hydrogen-bond donors (Lipinski definition) is 2. The van der Waals surface area contributed by atoms with Crippen molar-refractivity contribution in [3.05, 3.63) is 17.5 Å². The van der Waals surface area contributed by atoms with Crippen LogP contribution in [0.3, 0.4) is 0 Å². The van der Waals surface area contributed by atoms with E-state index in [1.54, 1.807) is 23.1 Å². The fourth-order valence-corrected chi connectivity index (χ4v) is 2.67. The first-order valence-corrected chi connectivity index (χ1v) is 7.06. The Kier molecular flexibility index (Phi) is 5.87. The maximum Gasteiger partial charge on any atom is 0.230 e. The van der Waals surface area contributed by atoms with Crippen LogP contribution >= 0.6 is 23.1 Å². The zero-order valence-corrected chi connectivity index (χ0v) is 11.1. The molecule has 2 atom stereocenters. The van der Waals surface area contributed by atoms with E-state index in [0.29, 0.717) is 5.75 Å². The predicted octanol–water partition coefficient (Wildman–Crippen LogP) is 1.97. The van der Waals surface area contributed by atoms with Crippen molar-refractivity contribution in [2.45, 2.75) is 24.1 Å². The first kappa shape index (κ1) is 13.5. The molecule has 1 rings (SSSR count). The molecule has 0 bridgehead atoms. The number of hydrogen-bond acceptors (Lipinski definition) is 4. The van der Waals surface area contributed by atoms with E-state index in [9.17, 15) is 4.79 Å². The van der Waals surface area contributed by atoms with Crippen LogP contribution in [0.2, 0.25) is 0 Å². The van der Waals surface area contributed by atoms with Gasteiger partial charge in [-0.05, 0) is 24.3 Å². The fourth-order valence-electron chi connectivity index (χ4n) is 1.08. The summed E-state index contributed by atoms with van der Waals surface area (Å²) >= 11 is 3.18. The van der Waals surface area contributed by atoms with Crippen LogP contribution in [0, 0.1) is 5.92 Å². The van der Waals surface area contributed by atoms with Crippen LogP contribution in [0.5, 0.6) is 0 Å². The summed E-state index contributed by atoms with van der Waals surface area (Å²) in [6.07, 6.45) is 0. The Bertz CT molecular complexity index is 314. The van der Waals surface area contributed by atoms with Gasteiger partial charge in [-0.3, -0.25) is 4.79 Å². The van der Waals surface area contributed by atoms with Crippen molar-refractivity contribution >= 4 is 29.0 Å². The number of carbonyl (C=O) groups excluding carboxylic acids is 1. The Hall–Kier alpha value is -0.520. The predicted molar refractivity (Wildman–Crippen MR) is 68.9 cm³/mol. The van der Waals surface area contributed by atoms with Gasteiger partial charge in [-0.25, -0.2) is 0 Å². The van der Waals surface area contributed by atoms with Crippen LogP contribution in [0.1, 0.15) is 13.8 Å². The van der Waals surface area contributed by atoms with Crippen LogP contribution in [0.25, 0.3) is 0 Å². The lowest BCUT2D eigenvalue weighted by Gasteiger charge is -2.18. The zero-order chi connectivity index (χ0) is 12.0. The molecule has 1 aromatic heterocycles. The number of thiophene rings is 1. The van der Waals surface area contributed by atoms with Gasteiger partial charge in [-0.1, -0.05) is 13.0 Å². The molecular weight excluding hydrogens is 242 g/mol. The summed E-state index contributed by atoms with van der Waals surface area (Å²) < 4.78 is 1.15. The van der Waals surface area contributed by atoms with Gasteiger partial charge in [0, 0.05) is 12.6 Å². The molecule has 1 amide bonds. The maximum atomic E-state index is 11.6. The quantitative estimate of drug-likeness (QED) is 0.768. The van der Waals surface area contributed by atoms with E-state index in [2.05, 4.69) is 5.32 Å². The van der Waals surface area contributed by atoms with E-state index in [-0.39, 0.29) is 24.5 Å². The van der Waals surface area contributed by atoms with Gasteiger partial charge in [-0.2, -0.15) is 0 Å². The van der Waals surface area contributed by atoms with Gasteiger partial charge in [0.05, 0.1) is 9.96 Å². The fraction of sp³-hybridized carbons (Fsp3) is 0.545. The molecule has 0 aromatic carbocycles. The number of carbonyl (C=O) groups is 1. The summed E-state index contributed by atoms with van der Waals surface area (Å²) in [5.74, 6) is 0.546. The van der Waals surface area contributed by atoms with Gasteiger partial charge in [0.15, 0.2) is 0 Å². The van der Waals surface area contributed by atoms with Crippen molar-refractivity contribution in [2.24, 2.45) is 5.92 Å². The topological polar surface area (TPSA) is 49.3 Å². The summed E-state index contributed by atoms with van der Waals surface area (Å²) in [5.41, 5.74) is 0. The van der Waals surface area contributed by atoms with Crippen molar-refractivity contribution in [3.8, 4) is 0 Å². The molecule has 0 aliphatic rings.